The number of ether oxygens (including phenoxy) is 1. The first kappa shape index (κ1) is 20.4. The standard InChI is InChI=1S/C17H36N2O2/c1-8-17(6,7)21-14(20)9-10-19-13-16(4,5)11-15(2,3)12-18/h19H,8-13,18H2,1-7H3. The second-order valence-corrected chi connectivity index (χ2v) is 8.22. The Kier molecular flexibility index (Phi) is 7.90. The molecular weight excluding hydrogens is 264 g/mol. The molecule has 0 radical (unpaired) electrons. The molecular formula is C17H36N2O2. The minimum Gasteiger partial charge on any atom is -0.460 e. The van der Waals surface area contributed by atoms with E-state index in [0.29, 0.717) is 19.5 Å². The van der Waals surface area contributed by atoms with E-state index in [-0.39, 0.29) is 22.4 Å². The van der Waals surface area contributed by atoms with Crippen molar-refractivity contribution < 1.29 is 9.53 Å². The molecule has 0 rings (SSSR count). The van der Waals surface area contributed by atoms with E-state index in [0.717, 1.165) is 19.4 Å². The highest BCUT2D eigenvalue weighted by Crippen LogP contribution is 2.32. The molecule has 0 aliphatic carbocycles. The maximum absolute atomic E-state index is 11.7. The fourth-order valence-electron chi connectivity index (χ4n) is 2.48. The molecule has 0 aliphatic heterocycles. The molecule has 21 heavy (non-hydrogen) atoms. The van der Waals surface area contributed by atoms with Gasteiger partial charge in [-0.3, -0.25) is 4.79 Å². The molecule has 0 aliphatic rings. The van der Waals surface area contributed by atoms with Crippen molar-refractivity contribution in [3.8, 4) is 0 Å². The largest absolute Gasteiger partial charge is 0.460 e. The Morgan fingerprint density at radius 3 is 2.14 bits per heavy atom. The first-order valence-electron chi connectivity index (χ1n) is 8.06. The highest BCUT2D eigenvalue weighted by atomic mass is 16.6. The molecule has 0 atom stereocenters. The predicted molar refractivity (Wildman–Crippen MR) is 89.2 cm³/mol. The van der Waals surface area contributed by atoms with Crippen LogP contribution in [0.1, 0.15) is 67.7 Å². The van der Waals surface area contributed by atoms with Crippen LogP contribution in [0.3, 0.4) is 0 Å². The lowest BCUT2D eigenvalue weighted by atomic mass is 9.75. The monoisotopic (exact) mass is 300 g/mol. The molecule has 0 aromatic heterocycles. The van der Waals surface area contributed by atoms with Gasteiger partial charge >= 0.3 is 5.97 Å². The summed E-state index contributed by atoms with van der Waals surface area (Å²) in [5.74, 6) is -0.130. The molecule has 0 fully saturated rings. The van der Waals surface area contributed by atoms with Crippen LogP contribution in [0.15, 0.2) is 0 Å². The van der Waals surface area contributed by atoms with Gasteiger partial charge in [-0.25, -0.2) is 0 Å². The lowest BCUT2D eigenvalue weighted by Gasteiger charge is -2.34. The summed E-state index contributed by atoms with van der Waals surface area (Å²) in [4.78, 5) is 11.7. The van der Waals surface area contributed by atoms with Crippen LogP contribution in [0.5, 0.6) is 0 Å². The predicted octanol–water partition coefficient (Wildman–Crippen LogP) is 3.10. The fourth-order valence-corrected chi connectivity index (χ4v) is 2.48. The van der Waals surface area contributed by atoms with Crippen LogP contribution in [0.4, 0.5) is 0 Å². The Morgan fingerprint density at radius 1 is 1.10 bits per heavy atom. The van der Waals surface area contributed by atoms with Crippen LogP contribution in [0.25, 0.3) is 0 Å². The van der Waals surface area contributed by atoms with E-state index in [9.17, 15) is 4.79 Å². The van der Waals surface area contributed by atoms with Crippen LogP contribution in [-0.4, -0.2) is 31.2 Å². The number of carbonyl (C=O) groups excluding carboxylic acids is 1. The van der Waals surface area contributed by atoms with E-state index in [1.807, 2.05) is 20.8 Å². The molecule has 4 nitrogen and oxygen atoms in total. The Hall–Kier alpha value is -0.610. The van der Waals surface area contributed by atoms with Crippen LogP contribution < -0.4 is 11.1 Å². The summed E-state index contributed by atoms with van der Waals surface area (Å²) in [6.07, 6.45) is 2.30. The van der Waals surface area contributed by atoms with Gasteiger partial charge in [-0.15, -0.1) is 0 Å². The molecule has 0 aromatic carbocycles. The van der Waals surface area contributed by atoms with Gasteiger partial charge < -0.3 is 15.8 Å². The molecule has 0 bridgehead atoms. The third kappa shape index (κ3) is 9.86. The minimum absolute atomic E-state index is 0.130. The van der Waals surface area contributed by atoms with Crippen molar-refractivity contribution in [1.29, 1.82) is 0 Å². The Labute approximate surface area is 131 Å². The zero-order valence-corrected chi connectivity index (χ0v) is 15.1. The number of nitrogens with one attached hydrogen (secondary N) is 1. The van der Waals surface area contributed by atoms with Crippen molar-refractivity contribution in [3.05, 3.63) is 0 Å². The van der Waals surface area contributed by atoms with Gasteiger partial charge in [-0.1, -0.05) is 34.6 Å². The quantitative estimate of drug-likeness (QED) is 0.481. The average molecular weight is 300 g/mol. The van der Waals surface area contributed by atoms with Crippen LogP contribution in [0, 0.1) is 10.8 Å². The Morgan fingerprint density at radius 2 is 1.67 bits per heavy atom. The van der Waals surface area contributed by atoms with E-state index in [1.165, 1.54) is 0 Å². The zero-order valence-electron chi connectivity index (χ0n) is 15.1. The highest BCUT2D eigenvalue weighted by molar-refractivity contribution is 5.70. The van der Waals surface area contributed by atoms with Gasteiger partial charge in [0.1, 0.15) is 5.60 Å². The first-order chi connectivity index (χ1) is 9.43. The van der Waals surface area contributed by atoms with Gasteiger partial charge in [-0.2, -0.15) is 0 Å². The highest BCUT2D eigenvalue weighted by Gasteiger charge is 2.27. The third-order valence-corrected chi connectivity index (χ3v) is 3.86. The second-order valence-electron chi connectivity index (χ2n) is 8.22. The van der Waals surface area contributed by atoms with Gasteiger partial charge in [0.2, 0.25) is 0 Å². The SMILES string of the molecule is CCC(C)(C)OC(=O)CCNCC(C)(C)CC(C)(C)CN. The van der Waals surface area contributed by atoms with Crippen molar-refractivity contribution in [2.75, 3.05) is 19.6 Å². The van der Waals surface area contributed by atoms with Crippen molar-refractivity contribution in [1.82, 2.24) is 5.32 Å². The molecule has 0 aromatic rings. The second kappa shape index (κ2) is 8.14. The average Bonchev–Trinajstić information content (AvgIpc) is 2.33. The molecule has 0 heterocycles. The molecule has 4 heteroatoms. The molecule has 0 saturated heterocycles. The van der Waals surface area contributed by atoms with Crippen molar-refractivity contribution in [2.45, 2.75) is 73.3 Å². The molecule has 0 saturated carbocycles. The molecule has 0 spiro atoms. The number of hydrogen-bond acceptors (Lipinski definition) is 4. The lowest BCUT2D eigenvalue weighted by Crippen LogP contribution is -2.37. The minimum atomic E-state index is -0.360. The fraction of sp³-hybridized carbons (Fsp3) is 0.941. The maximum atomic E-state index is 11.7. The molecule has 126 valence electrons. The van der Waals surface area contributed by atoms with E-state index in [2.05, 4.69) is 33.0 Å². The molecule has 3 N–H and O–H groups in total. The summed E-state index contributed by atoms with van der Waals surface area (Å²) >= 11 is 0. The Balaban J connectivity index is 4.02. The van der Waals surface area contributed by atoms with E-state index < -0.39 is 0 Å². The third-order valence-electron chi connectivity index (χ3n) is 3.86. The maximum Gasteiger partial charge on any atom is 0.307 e. The van der Waals surface area contributed by atoms with Crippen LogP contribution in [-0.2, 0) is 9.53 Å². The van der Waals surface area contributed by atoms with Gasteiger partial charge in [0, 0.05) is 13.1 Å². The molecule has 0 unspecified atom stereocenters. The normalized spacial score (nSPS) is 13.3. The van der Waals surface area contributed by atoms with Crippen molar-refractivity contribution in [2.24, 2.45) is 16.6 Å². The summed E-state index contributed by atoms with van der Waals surface area (Å²) in [5.41, 5.74) is 5.75. The van der Waals surface area contributed by atoms with Crippen molar-refractivity contribution in [3.63, 3.8) is 0 Å². The Bertz CT molecular complexity index is 323. The van der Waals surface area contributed by atoms with E-state index >= 15 is 0 Å². The van der Waals surface area contributed by atoms with E-state index in [4.69, 9.17) is 10.5 Å². The van der Waals surface area contributed by atoms with Gasteiger partial charge in [0.05, 0.1) is 6.42 Å². The summed E-state index contributed by atoms with van der Waals surface area (Å²) in [6, 6.07) is 0. The van der Waals surface area contributed by atoms with Gasteiger partial charge in [0.15, 0.2) is 0 Å². The van der Waals surface area contributed by atoms with E-state index in [1.54, 1.807) is 0 Å². The molecule has 0 amide bonds. The zero-order chi connectivity index (χ0) is 16.7. The number of carbonyl (C=O) groups is 1. The summed E-state index contributed by atoms with van der Waals surface area (Å²) in [5, 5.41) is 3.37. The first-order valence-corrected chi connectivity index (χ1v) is 8.06. The van der Waals surface area contributed by atoms with Gasteiger partial charge in [0.25, 0.3) is 0 Å². The number of hydrogen-bond donors (Lipinski definition) is 2. The topological polar surface area (TPSA) is 64.3 Å². The van der Waals surface area contributed by atoms with Gasteiger partial charge in [-0.05, 0) is 44.1 Å². The summed E-state index contributed by atoms with van der Waals surface area (Å²) in [7, 11) is 0. The number of rotatable bonds is 10. The lowest BCUT2D eigenvalue weighted by molar-refractivity contribution is -0.156. The summed E-state index contributed by atoms with van der Waals surface area (Å²) in [6.45, 7) is 17.0. The van der Waals surface area contributed by atoms with Crippen LogP contribution >= 0.6 is 0 Å². The smallest absolute Gasteiger partial charge is 0.307 e. The van der Waals surface area contributed by atoms with Crippen molar-refractivity contribution >= 4 is 5.97 Å². The van der Waals surface area contributed by atoms with Crippen LogP contribution in [0.2, 0.25) is 0 Å². The number of nitrogens with two attached hydrogens (primary N) is 1. The summed E-state index contributed by atoms with van der Waals surface area (Å²) < 4.78 is 5.42. The number of esters is 1.